The van der Waals surface area contributed by atoms with Gasteiger partial charge in [-0.2, -0.15) is 0 Å². The summed E-state index contributed by atoms with van der Waals surface area (Å²) >= 11 is 0. The first-order valence-electron chi connectivity index (χ1n) is 6.57. The number of hydrogen-bond acceptors (Lipinski definition) is 2. The van der Waals surface area contributed by atoms with E-state index in [9.17, 15) is 0 Å². The lowest BCUT2D eigenvalue weighted by molar-refractivity contribution is 0.190. The van der Waals surface area contributed by atoms with Crippen LogP contribution in [0.1, 0.15) is 44.7 Å². The predicted octanol–water partition coefficient (Wildman–Crippen LogP) is 3.40. The second-order valence-electron chi connectivity index (χ2n) is 4.31. The van der Waals surface area contributed by atoms with Crippen LogP contribution in [0.5, 0.6) is 0 Å². The van der Waals surface area contributed by atoms with Gasteiger partial charge in [0.15, 0.2) is 0 Å². The summed E-state index contributed by atoms with van der Waals surface area (Å²) in [5, 5.41) is 0. The highest BCUT2D eigenvalue weighted by Crippen LogP contribution is 2.19. The largest absolute Gasteiger partial charge is 0.396 e. The van der Waals surface area contributed by atoms with Crippen molar-refractivity contribution < 1.29 is 8.85 Å². The lowest BCUT2D eigenvalue weighted by Gasteiger charge is -2.22. The Hall–Kier alpha value is -0.643. The molecular formula is C14H24O2Si. The van der Waals surface area contributed by atoms with Crippen molar-refractivity contribution in [2.24, 2.45) is 0 Å². The first-order chi connectivity index (χ1) is 8.29. The topological polar surface area (TPSA) is 18.5 Å². The molecule has 1 aromatic rings. The van der Waals surface area contributed by atoms with Crippen molar-refractivity contribution in [3.63, 3.8) is 0 Å². The molecule has 0 N–H and O–H groups in total. The zero-order valence-corrected chi connectivity index (χ0v) is 12.3. The Balaban J connectivity index is 2.61. The monoisotopic (exact) mass is 252 g/mol. The number of benzene rings is 1. The fourth-order valence-electron chi connectivity index (χ4n) is 1.72. The number of rotatable bonds is 8. The van der Waals surface area contributed by atoms with Gasteiger partial charge < -0.3 is 8.85 Å². The highest BCUT2D eigenvalue weighted by atomic mass is 28.3. The van der Waals surface area contributed by atoms with Crippen LogP contribution >= 0.6 is 0 Å². The van der Waals surface area contributed by atoms with Crippen molar-refractivity contribution in [2.45, 2.75) is 39.2 Å². The van der Waals surface area contributed by atoms with Gasteiger partial charge in [-0.25, -0.2) is 0 Å². The van der Waals surface area contributed by atoms with Crippen molar-refractivity contribution in [3.05, 3.63) is 35.9 Å². The van der Waals surface area contributed by atoms with E-state index in [0.717, 1.165) is 26.1 Å². The molecule has 2 nitrogen and oxygen atoms in total. The van der Waals surface area contributed by atoms with E-state index in [0.29, 0.717) is 5.54 Å². The van der Waals surface area contributed by atoms with Crippen LogP contribution in [0, 0.1) is 0 Å². The first-order valence-corrected chi connectivity index (χ1v) is 8.18. The van der Waals surface area contributed by atoms with E-state index in [2.05, 4.69) is 45.0 Å². The molecule has 1 aromatic carbocycles. The molecule has 0 fully saturated rings. The highest BCUT2D eigenvalue weighted by molar-refractivity contribution is 6.46. The Morgan fingerprint density at radius 1 is 1.00 bits per heavy atom. The van der Waals surface area contributed by atoms with Gasteiger partial charge in [-0.3, -0.25) is 0 Å². The molecule has 0 aliphatic carbocycles. The Morgan fingerprint density at radius 2 is 1.53 bits per heavy atom. The van der Waals surface area contributed by atoms with E-state index >= 15 is 0 Å². The molecule has 0 aliphatic heterocycles. The molecule has 0 amide bonds. The summed E-state index contributed by atoms with van der Waals surface area (Å²) in [7, 11) is -1.59. The lowest BCUT2D eigenvalue weighted by Crippen LogP contribution is -2.30. The lowest BCUT2D eigenvalue weighted by atomic mass is 10.2. The molecule has 0 heterocycles. The van der Waals surface area contributed by atoms with Crippen LogP contribution in [0.2, 0.25) is 0 Å². The maximum atomic E-state index is 5.93. The Kier molecular flexibility index (Phi) is 7.16. The predicted molar refractivity (Wildman–Crippen MR) is 74.5 cm³/mol. The number of hydrogen-bond donors (Lipinski definition) is 0. The summed E-state index contributed by atoms with van der Waals surface area (Å²) in [4.78, 5) is 0. The molecule has 0 aliphatic rings. The average molecular weight is 252 g/mol. The van der Waals surface area contributed by atoms with Gasteiger partial charge in [0.05, 0.1) is 0 Å². The SMILES string of the molecule is CCCO[SiH](OCCC)C(C)c1ccccc1. The van der Waals surface area contributed by atoms with Gasteiger partial charge in [0.25, 0.3) is 0 Å². The molecule has 0 aromatic heterocycles. The van der Waals surface area contributed by atoms with Crippen molar-refractivity contribution in [2.75, 3.05) is 13.2 Å². The summed E-state index contributed by atoms with van der Waals surface area (Å²) in [5.74, 6) is 0. The molecule has 0 saturated heterocycles. The molecule has 0 spiro atoms. The van der Waals surface area contributed by atoms with Crippen LogP contribution in [0.25, 0.3) is 0 Å². The Bertz CT molecular complexity index is 282. The first kappa shape index (κ1) is 14.4. The minimum atomic E-state index is -1.59. The van der Waals surface area contributed by atoms with E-state index in [-0.39, 0.29) is 0 Å². The third-order valence-corrected chi connectivity index (χ3v) is 5.04. The van der Waals surface area contributed by atoms with Gasteiger partial charge in [-0.05, 0) is 18.4 Å². The molecule has 0 bridgehead atoms. The maximum Gasteiger partial charge on any atom is 0.328 e. The molecule has 1 rings (SSSR count). The summed E-state index contributed by atoms with van der Waals surface area (Å²) in [6, 6.07) is 10.5. The molecule has 1 unspecified atom stereocenters. The Labute approximate surface area is 107 Å². The standard InChI is InChI=1S/C14H24O2Si/c1-4-11-15-17(16-12-5-2)13(3)14-9-7-6-8-10-14/h6-10,13,17H,4-5,11-12H2,1-3H3. The third-order valence-electron chi connectivity index (χ3n) is 2.71. The second kappa shape index (κ2) is 8.45. The molecule has 17 heavy (non-hydrogen) atoms. The minimum absolute atomic E-state index is 0.411. The summed E-state index contributed by atoms with van der Waals surface area (Å²) < 4.78 is 11.9. The summed E-state index contributed by atoms with van der Waals surface area (Å²) in [6.45, 7) is 8.13. The van der Waals surface area contributed by atoms with Gasteiger partial charge in [0, 0.05) is 18.8 Å². The van der Waals surface area contributed by atoms with E-state index < -0.39 is 9.28 Å². The molecule has 0 radical (unpaired) electrons. The van der Waals surface area contributed by atoms with Crippen molar-refractivity contribution >= 4 is 9.28 Å². The maximum absolute atomic E-state index is 5.93. The summed E-state index contributed by atoms with van der Waals surface area (Å²) in [6.07, 6.45) is 2.11. The molecule has 0 saturated carbocycles. The Morgan fingerprint density at radius 3 is 2.00 bits per heavy atom. The van der Waals surface area contributed by atoms with E-state index in [1.165, 1.54) is 5.56 Å². The second-order valence-corrected chi connectivity index (χ2v) is 6.71. The van der Waals surface area contributed by atoms with Gasteiger partial charge in [-0.1, -0.05) is 51.1 Å². The normalized spacial score (nSPS) is 12.9. The fourth-order valence-corrected chi connectivity index (χ4v) is 3.86. The van der Waals surface area contributed by atoms with Crippen molar-refractivity contribution in [1.29, 1.82) is 0 Å². The van der Waals surface area contributed by atoms with E-state index in [1.807, 2.05) is 6.07 Å². The van der Waals surface area contributed by atoms with Crippen LogP contribution in [0.4, 0.5) is 0 Å². The van der Waals surface area contributed by atoms with Crippen LogP contribution in [0.15, 0.2) is 30.3 Å². The average Bonchev–Trinajstić information content (AvgIpc) is 2.39. The highest BCUT2D eigenvalue weighted by Gasteiger charge is 2.23. The zero-order chi connectivity index (χ0) is 12.5. The van der Waals surface area contributed by atoms with E-state index in [4.69, 9.17) is 8.85 Å². The smallest absolute Gasteiger partial charge is 0.328 e. The van der Waals surface area contributed by atoms with Gasteiger partial charge >= 0.3 is 9.28 Å². The third kappa shape index (κ3) is 5.02. The van der Waals surface area contributed by atoms with Gasteiger partial charge in [-0.15, -0.1) is 0 Å². The van der Waals surface area contributed by atoms with Crippen molar-refractivity contribution in [1.82, 2.24) is 0 Å². The molecular weight excluding hydrogens is 228 g/mol. The van der Waals surface area contributed by atoms with Crippen molar-refractivity contribution in [3.8, 4) is 0 Å². The van der Waals surface area contributed by atoms with Crippen LogP contribution in [0.3, 0.4) is 0 Å². The quantitative estimate of drug-likeness (QED) is 0.660. The van der Waals surface area contributed by atoms with Crippen LogP contribution < -0.4 is 0 Å². The zero-order valence-electron chi connectivity index (χ0n) is 11.2. The molecule has 96 valence electrons. The fraction of sp³-hybridized carbons (Fsp3) is 0.571. The van der Waals surface area contributed by atoms with Gasteiger partial charge in [0.1, 0.15) is 0 Å². The summed E-state index contributed by atoms with van der Waals surface area (Å²) in [5.41, 5.74) is 1.74. The van der Waals surface area contributed by atoms with Crippen LogP contribution in [-0.2, 0) is 8.85 Å². The molecule has 3 heteroatoms. The minimum Gasteiger partial charge on any atom is -0.396 e. The van der Waals surface area contributed by atoms with Crippen LogP contribution in [-0.4, -0.2) is 22.5 Å². The molecule has 1 atom stereocenters. The van der Waals surface area contributed by atoms with E-state index in [1.54, 1.807) is 0 Å². The van der Waals surface area contributed by atoms with Gasteiger partial charge in [0.2, 0.25) is 0 Å².